The molecule has 0 unspecified atom stereocenters. The summed E-state index contributed by atoms with van der Waals surface area (Å²) >= 11 is 0. The van der Waals surface area contributed by atoms with Gasteiger partial charge < -0.3 is 0 Å². The molecule has 1 aromatic heterocycles. The maximum absolute atomic E-state index is 2.61. The van der Waals surface area contributed by atoms with Crippen LogP contribution in [0.5, 0.6) is 0 Å². The van der Waals surface area contributed by atoms with E-state index in [2.05, 4.69) is 42.3 Å². The molecule has 0 saturated carbocycles. The summed E-state index contributed by atoms with van der Waals surface area (Å²) in [5.41, 5.74) is 0. The van der Waals surface area contributed by atoms with Gasteiger partial charge in [0, 0.05) is 6.42 Å². The summed E-state index contributed by atoms with van der Waals surface area (Å²) in [6.07, 6.45) is 44.5. The molecule has 1 rings (SSSR count). The molecule has 0 spiro atoms. The van der Waals surface area contributed by atoms with E-state index in [4.69, 9.17) is 0 Å². The average Bonchev–Trinajstić information content (AvgIpc) is 3.31. The number of hydrogen-bond acceptors (Lipinski definition) is 0. The van der Waals surface area contributed by atoms with Gasteiger partial charge in [-0.2, -0.15) is 0 Å². The van der Waals surface area contributed by atoms with Crippen molar-refractivity contribution in [3.05, 3.63) is 18.2 Å². The molecule has 0 N–H and O–H groups in total. The number of aryl methyl sites for hydroxylation is 2. The Hall–Kier alpha value is -0.790. The molecule has 0 bridgehead atoms. The standard InChI is InChI=1S/C36H71N2/c1-4-7-10-13-15-16-17-18-19-20-21-22-23-24-25-27-30-33-38-35-34-37(32-29-12-9-6-3)36(38)31-28-26-14-11-8-5-2/h34-35H,4-33H2,1-3H3/q+1. The van der Waals surface area contributed by atoms with Crippen LogP contribution in [0, 0.1) is 0 Å². The van der Waals surface area contributed by atoms with Crippen LogP contribution in [0.15, 0.2) is 12.4 Å². The molecule has 1 aromatic rings. The molecule has 2 nitrogen and oxygen atoms in total. The van der Waals surface area contributed by atoms with Gasteiger partial charge >= 0.3 is 0 Å². The van der Waals surface area contributed by atoms with E-state index in [-0.39, 0.29) is 0 Å². The van der Waals surface area contributed by atoms with Crippen LogP contribution in [0.2, 0.25) is 0 Å². The second-order valence-corrected chi connectivity index (χ2v) is 12.3. The molecule has 0 aliphatic rings. The fourth-order valence-corrected chi connectivity index (χ4v) is 5.97. The number of rotatable bonds is 30. The first kappa shape index (κ1) is 35.2. The lowest BCUT2D eigenvalue weighted by atomic mass is 10.0. The zero-order chi connectivity index (χ0) is 27.4. The Bertz CT molecular complexity index is 590. The lowest BCUT2D eigenvalue weighted by Gasteiger charge is -2.07. The molecular formula is C36H71N2+. The van der Waals surface area contributed by atoms with Crippen molar-refractivity contribution in [3.8, 4) is 0 Å². The van der Waals surface area contributed by atoms with Gasteiger partial charge in [-0.25, -0.2) is 9.13 Å². The smallest absolute Gasteiger partial charge is 0.234 e. The van der Waals surface area contributed by atoms with E-state index >= 15 is 0 Å². The third-order valence-electron chi connectivity index (χ3n) is 8.60. The number of unbranched alkanes of at least 4 members (excludes halogenated alkanes) is 24. The van der Waals surface area contributed by atoms with Crippen molar-refractivity contribution in [3.63, 3.8) is 0 Å². The van der Waals surface area contributed by atoms with E-state index in [9.17, 15) is 0 Å². The van der Waals surface area contributed by atoms with Gasteiger partial charge in [-0.15, -0.1) is 0 Å². The number of imidazole rings is 1. The molecular weight excluding hydrogens is 460 g/mol. The van der Waals surface area contributed by atoms with E-state index in [1.165, 1.54) is 193 Å². The van der Waals surface area contributed by atoms with E-state index in [0.29, 0.717) is 0 Å². The van der Waals surface area contributed by atoms with Gasteiger partial charge in [0.2, 0.25) is 0 Å². The summed E-state index contributed by atoms with van der Waals surface area (Å²) < 4.78 is 5.20. The van der Waals surface area contributed by atoms with Crippen LogP contribution in [-0.2, 0) is 19.5 Å². The molecule has 0 aliphatic carbocycles. The summed E-state index contributed by atoms with van der Waals surface area (Å²) in [4.78, 5) is 0. The van der Waals surface area contributed by atoms with Crippen LogP contribution in [-0.4, -0.2) is 4.57 Å². The Morgan fingerprint density at radius 3 is 1.26 bits per heavy atom. The fraction of sp³-hybridized carbons (Fsp3) is 0.917. The quantitative estimate of drug-likeness (QED) is 0.0689. The summed E-state index contributed by atoms with van der Waals surface area (Å²) in [5, 5.41) is 0. The molecule has 0 saturated heterocycles. The average molecular weight is 532 g/mol. The zero-order valence-electron chi connectivity index (χ0n) is 26.8. The van der Waals surface area contributed by atoms with Gasteiger partial charge in [0.25, 0.3) is 5.82 Å². The van der Waals surface area contributed by atoms with E-state index in [1.54, 1.807) is 5.82 Å². The largest absolute Gasteiger partial charge is 0.256 e. The van der Waals surface area contributed by atoms with Crippen molar-refractivity contribution in [2.75, 3.05) is 0 Å². The van der Waals surface area contributed by atoms with Crippen molar-refractivity contribution in [1.29, 1.82) is 0 Å². The Labute approximate surface area is 240 Å². The molecule has 38 heavy (non-hydrogen) atoms. The van der Waals surface area contributed by atoms with Gasteiger partial charge in [-0.1, -0.05) is 162 Å². The number of hydrogen-bond donors (Lipinski definition) is 0. The Morgan fingerprint density at radius 2 is 0.816 bits per heavy atom. The van der Waals surface area contributed by atoms with Crippen LogP contribution in [0.1, 0.15) is 200 Å². The predicted octanol–water partition coefficient (Wildman–Crippen LogP) is 11.9. The Balaban J connectivity index is 2.11. The highest BCUT2D eigenvalue weighted by molar-refractivity contribution is 4.84. The molecule has 2 heteroatoms. The number of aromatic nitrogens is 2. The third-order valence-corrected chi connectivity index (χ3v) is 8.60. The van der Waals surface area contributed by atoms with Gasteiger partial charge in [-0.05, 0) is 32.1 Å². The summed E-state index contributed by atoms with van der Waals surface area (Å²) in [7, 11) is 0. The molecule has 0 radical (unpaired) electrons. The molecule has 0 aromatic carbocycles. The molecule has 224 valence electrons. The lowest BCUT2D eigenvalue weighted by molar-refractivity contribution is -0.704. The van der Waals surface area contributed by atoms with Crippen molar-refractivity contribution in [1.82, 2.24) is 4.57 Å². The third kappa shape index (κ3) is 20.2. The van der Waals surface area contributed by atoms with Crippen LogP contribution in [0.4, 0.5) is 0 Å². The van der Waals surface area contributed by atoms with Crippen molar-refractivity contribution >= 4 is 0 Å². The maximum Gasteiger partial charge on any atom is 0.256 e. The second-order valence-electron chi connectivity index (χ2n) is 12.3. The zero-order valence-corrected chi connectivity index (χ0v) is 26.8. The SMILES string of the molecule is CCCCCCCCCCCCCCCCCCC[n+]1ccn(CCCCCC)c1CCCCCCCC. The molecule has 0 fully saturated rings. The van der Waals surface area contributed by atoms with Crippen LogP contribution >= 0.6 is 0 Å². The van der Waals surface area contributed by atoms with Crippen molar-refractivity contribution in [2.45, 2.75) is 214 Å². The molecule has 1 heterocycles. The lowest BCUT2D eigenvalue weighted by Crippen LogP contribution is -2.37. The number of nitrogens with zero attached hydrogens (tertiary/aromatic N) is 2. The highest BCUT2D eigenvalue weighted by Crippen LogP contribution is 2.15. The minimum absolute atomic E-state index is 1.22. The van der Waals surface area contributed by atoms with E-state index < -0.39 is 0 Å². The van der Waals surface area contributed by atoms with Crippen LogP contribution in [0.3, 0.4) is 0 Å². The van der Waals surface area contributed by atoms with Gasteiger partial charge in [0.1, 0.15) is 12.4 Å². The topological polar surface area (TPSA) is 8.81 Å². The first-order valence-electron chi connectivity index (χ1n) is 17.9. The van der Waals surface area contributed by atoms with E-state index in [0.717, 1.165) is 0 Å². The predicted molar refractivity (Wildman–Crippen MR) is 170 cm³/mol. The maximum atomic E-state index is 2.61. The van der Waals surface area contributed by atoms with Crippen molar-refractivity contribution in [2.24, 2.45) is 0 Å². The van der Waals surface area contributed by atoms with Gasteiger partial charge in [0.15, 0.2) is 0 Å². The normalized spacial score (nSPS) is 11.6. The summed E-state index contributed by atoms with van der Waals surface area (Å²) in [6.45, 7) is 9.38. The second kappa shape index (κ2) is 27.8. The summed E-state index contributed by atoms with van der Waals surface area (Å²) in [6, 6.07) is 0. The molecule has 0 aliphatic heterocycles. The van der Waals surface area contributed by atoms with Crippen LogP contribution < -0.4 is 4.57 Å². The Kier molecular flexibility index (Phi) is 25.7. The van der Waals surface area contributed by atoms with Gasteiger partial charge in [-0.3, -0.25) is 0 Å². The minimum Gasteiger partial charge on any atom is -0.234 e. The molecule has 0 amide bonds. The first-order valence-corrected chi connectivity index (χ1v) is 17.9. The van der Waals surface area contributed by atoms with Gasteiger partial charge in [0.05, 0.1) is 13.1 Å². The highest BCUT2D eigenvalue weighted by Gasteiger charge is 2.16. The summed E-state index contributed by atoms with van der Waals surface area (Å²) in [5.74, 6) is 1.61. The molecule has 0 atom stereocenters. The Morgan fingerprint density at radius 1 is 0.447 bits per heavy atom. The monoisotopic (exact) mass is 532 g/mol. The van der Waals surface area contributed by atoms with Crippen LogP contribution in [0.25, 0.3) is 0 Å². The van der Waals surface area contributed by atoms with Crippen molar-refractivity contribution < 1.29 is 4.57 Å². The minimum atomic E-state index is 1.22. The van der Waals surface area contributed by atoms with E-state index in [1.807, 2.05) is 0 Å². The fourth-order valence-electron chi connectivity index (χ4n) is 5.97. The highest BCUT2D eigenvalue weighted by atomic mass is 15.1. The first-order chi connectivity index (χ1) is 18.8.